The van der Waals surface area contributed by atoms with Gasteiger partial charge in [-0.3, -0.25) is 4.79 Å². The van der Waals surface area contributed by atoms with E-state index >= 15 is 0 Å². The Morgan fingerprint density at radius 1 is 0.307 bits per heavy atom. The summed E-state index contributed by atoms with van der Waals surface area (Å²) in [5.74, 6) is -0.276. The Kier molecular flexibility index (Phi) is 69.7. The molecule has 3 heterocycles. The van der Waals surface area contributed by atoms with Gasteiger partial charge in [0.05, 0.1) is 38.6 Å². The predicted molar refractivity (Wildman–Crippen MR) is 462 cm³/mol. The van der Waals surface area contributed by atoms with E-state index in [4.69, 9.17) is 28.4 Å². The van der Waals surface area contributed by atoms with E-state index in [1.807, 2.05) is 6.08 Å². The van der Waals surface area contributed by atoms with E-state index < -0.39 is 124 Å². The minimum absolute atomic E-state index is 0.240. The third-order valence-electron chi connectivity index (χ3n) is 24.2. The van der Waals surface area contributed by atoms with Gasteiger partial charge < -0.3 is 89.9 Å². The molecule has 3 saturated heterocycles. The molecule has 672 valence electrons. The molecular formula is C95H179NO18. The van der Waals surface area contributed by atoms with Crippen LogP contribution in [0.25, 0.3) is 0 Å². The van der Waals surface area contributed by atoms with E-state index in [0.29, 0.717) is 12.8 Å². The van der Waals surface area contributed by atoms with Crippen LogP contribution in [0.5, 0.6) is 0 Å². The molecule has 17 atom stereocenters. The van der Waals surface area contributed by atoms with Gasteiger partial charge in [0.25, 0.3) is 0 Å². The molecule has 0 spiro atoms. The van der Waals surface area contributed by atoms with Gasteiger partial charge in [0.15, 0.2) is 18.9 Å². The average Bonchev–Trinajstić information content (AvgIpc) is 0.777. The molecule has 3 aliphatic heterocycles. The lowest BCUT2D eigenvalue weighted by Gasteiger charge is -2.48. The van der Waals surface area contributed by atoms with Crippen molar-refractivity contribution >= 4 is 5.91 Å². The quantitative estimate of drug-likeness (QED) is 0.0199. The maximum atomic E-state index is 13.5. The molecule has 19 heteroatoms. The highest BCUT2D eigenvalue weighted by molar-refractivity contribution is 5.76. The van der Waals surface area contributed by atoms with E-state index in [1.54, 1.807) is 6.08 Å². The summed E-state index contributed by atoms with van der Waals surface area (Å²) in [4.78, 5) is 13.5. The van der Waals surface area contributed by atoms with Crippen molar-refractivity contribution in [2.45, 2.75) is 535 Å². The lowest BCUT2D eigenvalue weighted by molar-refractivity contribution is -0.379. The van der Waals surface area contributed by atoms with Gasteiger partial charge in [-0.15, -0.1) is 0 Å². The van der Waals surface area contributed by atoms with Crippen LogP contribution in [0.4, 0.5) is 0 Å². The lowest BCUT2D eigenvalue weighted by atomic mass is 9.96. The van der Waals surface area contributed by atoms with Crippen LogP contribution >= 0.6 is 0 Å². The summed E-state index contributed by atoms with van der Waals surface area (Å²) < 4.78 is 34.5. The fourth-order valence-electron chi connectivity index (χ4n) is 16.5. The van der Waals surface area contributed by atoms with Crippen LogP contribution < -0.4 is 5.32 Å². The summed E-state index contributed by atoms with van der Waals surface area (Å²) >= 11 is 0. The van der Waals surface area contributed by atoms with Crippen LogP contribution in [0, 0.1) is 0 Å². The van der Waals surface area contributed by atoms with Gasteiger partial charge in [0.1, 0.15) is 73.2 Å². The Morgan fingerprint density at radius 3 is 0.877 bits per heavy atom. The molecule has 12 N–H and O–H groups in total. The van der Waals surface area contributed by atoms with Crippen LogP contribution in [-0.4, -0.2) is 193 Å². The van der Waals surface area contributed by atoms with E-state index in [1.165, 1.54) is 360 Å². The SMILES string of the molecule is CCCCCCCCCC/C=C\CCCCCCCCCCCCCCCCCCCCCCCCCCCC(=O)NC(COC1OC(CO)C(OC2OC(CO)C(OC3OC(CO)C(O)C(O)C3O)C(O)C2O)C(O)C1O)C(O)/C=C/CC/C=C/CCCCCCCCCCCCCCCCCCCCCCCCCCCC. The molecule has 114 heavy (non-hydrogen) atoms. The van der Waals surface area contributed by atoms with Gasteiger partial charge in [0, 0.05) is 6.42 Å². The third kappa shape index (κ3) is 52.4. The zero-order valence-corrected chi connectivity index (χ0v) is 72.8. The number of carbonyl (C=O) groups excluding carboxylic acids is 1. The van der Waals surface area contributed by atoms with Gasteiger partial charge in [-0.25, -0.2) is 0 Å². The number of aliphatic hydroxyl groups excluding tert-OH is 11. The molecule has 0 bridgehead atoms. The Labute approximate surface area is 695 Å². The van der Waals surface area contributed by atoms with Crippen molar-refractivity contribution < 1.29 is 89.4 Å². The first-order valence-corrected chi connectivity index (χ1v) is 48.2. The number of carbonyl (C=O) groups is 1. The second kappa shape index (κ2) is 74.8. The van der Waals surface area contributed by atoms with Gasteiger partial charge in [-0.2, -0.15) is 0 Å². The summed E-state index contributed by atoms with van der Waals surface area (Å²) in [6, 6.07) is -0.991. The standard InChI is InChI=1S/C95H179NO18/c1-3-5-7-9-11-13-15-17-19-21-23-25-27-29-31-33-35-37-38-39-40-41-43-45-47-49-51-53-55-57-59-61-63-65-67-69-71-73-83(101)96-78(79(100)72-70-68-66-64-62-60-58-56-54-52-50-48-46-44-42-36-34-32-30-28-26-24-22-20-18-16-14-12-10-8-6-4-2)77-109-93-89(107)86(104)91(81(75-98)111-93)114-95-90(108)87(105)92(82(76-99)112-95)113-94-88(106)85(103)84(102)80(74-97)110-94/h21,23,62,64,70,72,78-82,84-95,97-100,102-108H,3-20,22,24-61,63,65-69,71,73-77H2,1-2H3,(H,96,101)/b23-21-,64-62+,72-70+. The molecule has 0 radical (unpaired) electrons. The number of amides is 1. The van der Waals surface area contributed by atoms with Gasteiger partial charge in [-0.1, -0.05) is 403 Å². The van der Waals surface area contributed by atoms with Crippen LogP contribution in [0.1, 0.15) is 431 Å². The monoisotopic (exact) mass is 1620 g/mol. The van der Waals surface area contributed by atoms with Crippen LogP contribution in [-0.2, 0) is 33.2 Å². The number of rotatable bonds is 80. The predicted octanol–water partition coefficient (Wildman–Crippen LogP) is 19.4. The maximum absolute atomic E-state index is 13.5. The van der Waals surface area contributed by atoms with Gasteiger partial charge >= 0.3 is 0 Å². The van der Waals surface area contributed by atoms with Crippen LogP contribution in [0.3, 0.4) is 0 Å². The Balaban J connectivity index is 1.31. The van der Waals surface area contributed by atoms with Crippen molar-refractivity contribution in [3.8, 4) is 0 Å². The normalized spacial score (nSPS) is 24.8. The van der Waals surface area contributed by atoms with Gasteiger partial charge in [-0.05, 0) is 57.8 Å². The minimum atomic E-state index is -1.98. The average molecular weight is 1620 g/mol. The molecule has 3 fully saturated rings. The van der Waals surface area contributed by atoms with Crippen molar-refractivity contribution in [2.75, 3.05) is 26.4 Å². The van der Waals surface area contributed by atoms with Crippen LogP contribution in [0.15, 0.2) is 36.5 Å². The topological polar surface area (TPSA) is 307 Å². The number of hydrogen-bond acceptors (Lipinski definition) is 18. The highest BCUT2D eigenvalue weighted by Crippen LogP contribution is 2.34. The summed E-state index contributed by atoms with van der Waals surface area (Å²) in [7, 11) is 0. The summed E-state index contributed by atoms with van der Waals surface area (Å²) in [6.07, 6.45) is 70.5. The molecule has 3 rings (SSSR count). The number of ether oxygens (including phenoxy) is 6. The summed E-state index contributed by atoms with van der Waals surface area (Å²) in [5.41, 5.74) is 0. The van der Waals surface area contributed by atoms with Crippen molar-refractivity contribution in [3.05, 3.63) is 36.5 Å². The molecule has 0 aromatic carbocycles. The molecule has 17 unspecified atom stereocenters. The van der Waals surface area contributed by atoms with Crippen LogP contribution in [0.2, 0.25) is 0 Å². The first-order chi connectivity index (χ1) is 55.8. The van der Waals surface area contributed by atoms with E-state index in [9.17, 15) is 61.0 Å². The van der Waals surface area contributed by atoms with E-state index in [0.717, 1.165) is 38.5 Å². The highest BCUT2D eigenvalue weighted by Gasteiger charge is 2.54. The van der Waals surface area contributed by atoms with Crippen molar-refractivity contribution in [1.82, 2.24) is 5.32 Å². The Morgan fingerprint density at radius 2 is 0.561 bits per heavy atom. The molecule has 0 saturated carbocycles. The highest BCUT2D eigenvalue weighted by atomic mass is 16.8. The molecule has 0 aromatic rings. The second-order valence-corrected chi connectivity index (χ2v) is 34.5. The van der Waals surface area contributed by atoms with Crippen molar-refractivity contribution in [1.29, 1.82) is 0 Å². The number of aliphatic hydroxyl groups is 11. The Bertz CT molecular complexity index is 2190. The molecule has 0 aliphatic carbocycles. The number of hydrogen-bond donors (Lipinski definition) is 12. The zero-order chi connectivity index (χ0) is 82.4. The molecule has 3 aliphatic rings. The summed E-state index contributed by atoms with van der Waals surface area (Å²) in [5, 5.41) is 121. The van der Waals surface area contributed by atoms with E-state index in [2.05, 4.69) is 43.5 Å². The fraction of sp³-hybridized carbons (Fsp3) is 0.926. The summed E-state index contributed by atoms with van der Waals surface area (Å²) in [6.45, 7) is 1.80. The van der Waals surface area contributed by atoms with Crippen molar-refractivity contribution in [2.24, 2.45) is 0 Å². The Hall–Kier alpha value is -1.99. The minimum Gasteiger partial charge on any atom is -0.394 e. The molecule has 0 aromatic heterocycles. The first kappa shape index (κ1) is 106. The number of unbranched alkanes of at least 4 members (excludes halogenated alkanes) is 60. The smallest absolute Gasteiger partial charge is 0.220 e. The van der Waals surface area contributed by atoms with Gasteiger partial charge in [0.2, 0.25) is 5.91 Å². The molecular weight excluding hydrogens is 1440 g/mol. The maximum Gasteiger partial charge on any atom is 0.220 e. The second-order valence-electron chi connectivity index (χ2n) is 34.5. The largest absolute Gasteiger partial charge is 0.394 e. The number of allylic oxidation sites excluding steroid dienone is 5. The van der Waals surface area contributed by atoms with Crippen molar-refractivity contribution in [3.63, 3.8) is 0 Å². The third-order valence-corrected chi connectivity index (χ3v) is 24.2. The zero-order valence-electron chi connectivity index (χ0n) is 72.8. The lowest BCUT2D eigenvalue weighted by Crippen LogP contribution is -2.66. The molecule has 1 amide bonds. The first-order valence-electron chi connectivity index (χ1n) is 48.2. The molecule has 19 nitrogen and oxygen atoms in total. The number of nitrogens with one attached hydrogen (secondary N) is 1. The van der Waals surface area contributed by atoms with E-state index in [-0.39, 0.29) is 18.9 Å². The fourth-order valence-corrected chi connectivity index (χ4v) is 16.5.